The van der Waals surface area contributed by atoms with Crippen molar-refractivity contribution in [2.24, 2.45) is 5.92 Å². The average molecular weight is 480 g/mol. The summed E-state index contributed by atoms with van der Waals surface area (Å²) in [6.45, 7) is 14.5. The maximum atomic E-state index is 6.45. The lowest BCUT2D eigenvalue weighted by Crippen LogP contribution is -2.47. The molecule has 1 aliphatic rings. The zero-order valence-electron chi connectivity index (χ0n) is 22.6. The van der Waals surface area contributed by atoms with Crippen LogP contribution in [-0.2, 0) is 13.0 Å². The van der Waals surface area contributed by atoms with Crippen molar-refractivity contribution in [3.63, 3.8) is 0 Å². The summed E-state index contributed by atoms with van der Waals surface area (Å²) in [6, 6.07) is 6.70. The highest BCUT2D eigenvalue weighted by molar-refractivity contribution is 6.07. The molecule has 0 aliphatic carbocycles. The van der Waals surface area contributed by atoms with Gasteiger partial charge in [-0.1, -0.05) is 27.2 Å². The summed E-state index contributed by atoms with van der Waals surface area (Å²) in [6.07, 6.45) is 5.58. The third-order valence-corrected chi connectivity index (χ3v) is 7.12. The van der Waals surface area contributed by atoms with E-state index in [-0.39, 0.29) is 0 Å². The second-order valence-electron chi connectivity index (χ2n) is 10.9. The van der Waals surface area contributed by atoms with E-state index in [1.54, 1.807) is 0 Å². The van der Waals surface area contributed by atoms with E-state index in [4.69, 9.17) is 15.7 Å². The molecule has 192 valence electrons. The van der Waals surface area contributed by atoms with Crippen LogP contribution in [0.25, 0.3) is 21.9 Å². The van der Waals surface area contributed by atoms with Crippen molar-refractivity contribution in [3.8, 4) is 0 Å². The largest absolute Gasteiger partial charge is 0.382 e. The van der Waals surface area contributed by atoms with Crippen molar-refractivity contribution in [1.29, 1.82) is 0 Å². The second kappa shape index (κ2) is 11.6. The summed E-state index contributed by atoms with van der Waals surface area (Å²) in [4.78, 5) is 17.2. The van der Waals surface area contributed by atoms with Crippen LogP contribution in [0.5, 0.6) is 0 Å². The Balaban J connectivity index is 1.69. The minimum atomic E-state index is 0.548. The Morgan fingerprint density at radius 3 is 2.49 bits per heavy atom. The smallest absolute Gasteiger partial charge is 0.152 e. The second-order valence-corrected chi connectivity index (χ2v) is 10.9. The van der Waals surface area contributed by atoms with Gasteiger partial charge in [-0.05, 0) is 64.0 Å². The lowest BCUT2D eigenvalue weighted by atomic mass is 10.1. The van der Waals surface area contributed by atoms with Crippen molar-refractivity contribution in [2.75, 3.05) is 64.0 Å². The first kappa shape index (κ1) is 25.7. The van der Waals surface area contributed by atoms with Gasteiger partial charge in [0.25, 0.3) is 0 Å². The quantitative estimate of drug-likeness (QED) is 0.405. The number of benzene rings is 1. The fourth-order valence-electron chi connectivity index (χ4n) is 5.31. The summed E-state index contributed by atoms with van der Waals surface area (Å²) in [5, 5.41) is 1.18. The Bertz CT molecular complexity index is 1110. The number of nitrogens with zero attached hydrogens (tertiary/aromatic N) is 6. The highest BCUT2D eigenvalue weighted by Crippen LogP contribution is 2.32. The Labute approximate surface area is 211 Å². The molecule has 4 rings (SSSR count). The van der Waals surface area contributed by atoms with Crippen LogP contribution in [0.3, 0.4) is 0 Å². The molecule has 1 aromatic carbocycles. The number of anilines is 2. The molecule has 7 nitrogen and oxygen atoms in total. The summed E-state index contributed by atoms with van der Waals surface area (Å²) in [5.41, 5.74) is 10.7. The Morgan fingerprint density at radius 2 is 1.80 bits per heavy atom. The van der Waals surface area contributed by atoms with Gasteiger partial charge < -0.3 is 20.1 Å². The number of unbranched alkanes of at least 4 members (excludes halogenated alkanes) is 2. The minimum Gasteiger partial charge on any atom is -0.382 e. The SMILES string of the molecule is CCCCc1nc2c(N)nc3ccc(N4CCN(CC(C)C)CC4)cc3c2n1CCCCN(C)C. The molecule has 0 radical (unpaired) electrons. The predicted molar refractivity (Wildman–Crippen MR) is 149 cm³/mol. The molecule has 3 heterocycles. The highest BCUT2D eigenvalue weighted by Gasteiger charge is 2.21. The molecule has 35 heavy (non-hydrogen) atoms. The third-order valence-electron chi connectivity index (χ3n) is 7.12. The van der Waals surface area contributed by atoms with Crippen molar-refractivity contribution >= 4 is 33.4 Å². The Morgan fingerprint density at radius 1 is 1.03 bits per heavy atom. The number of rotatable bonds is 11. The van der Waals surface area contributed by atoms with Crippen molar-refractivity contribution in [2.45, 2.75) is 59.4 Å². The summed E-state index contributed by atoms with van der Waals surface area (Å²) in [5.74, 6) is 2.42. The maximum absolute atomic E-state index is 6.45. The summed E-state index contributed by atoms with van der Waals surface area (Å²) >= 11 is 0. The van der Waals surface area contributed by atoms with E-state index in [2.05, 4.69) is 72.3 Å². The van der Waals surface area contributed by atoms with Crippen molar-refractivity contribution in [3.05, 3.63) is 24.0 Å². The first-order valence-electron chi connectivity index (χ1n) is 13.6. The van der Waals surface area contributed by atoms with Crippen LogP contribution >= 0.6 is 0 Å². The molecule has 0 bridgehead atoms. The number of imidazole rings is 1. The Kier molecular flexibility index (Phi) is 8.50. The number of aryl methyl sites for hydroxylation is 2. The minimum absolute atomic E-state index is 0.548. The van der Waals surface area contributed by atoms with Gasteiger partial charge in [-0.15, -0.1) is 0 Å². The topological polar surface area (TPSA) is 66.5 Å². The van der Waals surface area contributed by atoms with Gasteiger partial charge in [0.1, 0.15) is 11.3 Å². The van der Waals surface area contributed by atoms with E-state index in [0.29, 0.717) is 11.7 Å². The van der Waals surface area contributed by atoms with Gasteiger partial charge in [-0.2, -0.15) is 0 Å². The standard InChI is InChI=1S/C28H45N7/c1-6-7-10-25-31-26-27(35(25)14-9-8-13-32(4)5)23-19-22(11-12-24(23)30-28(26)29)34-17-15-33(16-18-34)20-21(2)3/h11-12,19,21H,6-10,13-18,20H2,1-5H3,(H2,29,30). The zero-order chi connectivity index (χ0) is 24.9. The molecule has 7 heteroatoms. The maximum Gasteiger partial charge on any atom is 0.152 e. The number of hydrogen-bond acceptors (Lipinski definition) is 6. The molecular weight excluding hydrogens is 434 g/mol. The molecule has 1 saturated heterocycles. The molecule has 2 aromatic heterocycles. The molecule has 3 aromatic rings. The summed E-state index contributed by atoms with van der Waals surface area (Å²) < 4.78 is 2.45. The Hall–Kier alpha value is -2.38. The molecule has 0 atom stereocenters. The number of fused-ring (bicyclic) bond motifs is 3. The van der Waals surface area contributed by atoms with Gasteiger partial charge in [0, 0.05) is 56.8 Å². The average Bonchev–Trinajstić information content (AvgIpc) is 3.19. The number of pyridine rings is 1. The van der Waals surface area contributed by atoms with Gasteiger partial charge in [0.05, 0.1) is 11.0 Å². The number of nitrogen functional groups attached to an aromatic ring is 1. The van der Waals surface area contributed by atoms with E-state index in [1.807, 2.05) is 0 Å². The normalized spacial score (nSPS) is 15.3. The molecule has 0 saturated carbocycles. The molecule has 1 fully saturated rings. The van der Waals surface area contributed by atoms with Gasteiger partial charge in [-0.25, -0.2) is 9.97 Å². The number of nitrogens with two attached hydrogens (primary N) is 1. The molecular formula is C28H45N7. The van der Waals surface area contributed by atoms with Crippen LogP contribution in [0.4, 0.5) is 11.5 Å². The van der Waals surface area contributed by atoms with Gasteiger partial charge in [0.15, 0.2) is 5.82 Å². The van der Waals surface area contributed by atoms with E-state index in [1.165, 1.54) is 29.6 Å². The summed E-state index contributed by atoms with van der Waals surface area (Å²) in [7, 11) is 4.28. The molecule has 2 N–H and O–H groups in total. The predicted octanol–water partition coefficient (Wildman–Crippen LogP) is 4.63. The van der Waals surface area contributed by atoms with Gasteiger partial charge in [-0.3, -0.25) is 4.90 Å². The first-order valence-corrected chi connectivity index (χ1v) is 13.6. The van der Waals surface area contributed by atoms with E-state index < -0.39 is 0 Å². The van der Waals surface area contributed by atoms with Crippen molar-refractivity contribution < 1.29 is 0 Å². The van der Waals surface area contributed by atoms with E-state index in [0.717, 1.165) is 81.8 Å². The third kappa shape index (κ3) is 6.07. The first-order chi connectivity index (χ1) is 16.9. The van der Waals surface area contributed by atoms with E-state index in [9.17, 15) is 0 Å². The van der Waals surface area contributed by atoms with Crippen LogP contribution < -0.4 is 10.6 Å². The number of piperazine rings is 1. The van der Waals surface area contributed by atoms with Crippen molar-refractivity contribution in [1.82, 2.24) is 24.3 Å². The molecule has 1 aliphatic heterocycles. The lowest BCUT2D eigenvalue weighted by Gasteiger charge is -2.37. The zero-order valence-corrected chi connectivity index (χ0v) is 22.6. The van der Waals surface area contributed by atoms with E-state index >= 15 is 0 Å². The molecule has 0 spiro atoms. The van der Waals surface area contributed by atoms with Crippen LogP contribution in [-0.4, -0.2) is 77.7 Å². The van der Waals surface area contributed by atoms with Crippen LogP contribution in [0.15, 0.2) is 18.2 Å². The highest BCUT2D eigenvalue weighted by atomic mass is 15.3. The lowest BCUT2D eigenvalue weighted by molar-refractivity contribution is 0.231. The fraction of sp³-hybridized carbons (Fsp3) is 0.643. The van der Waals surface area contributed by atoms with Gasteiger partial charge >= 0.3 is 0 Å². The monoisotopic (exact) mass is 479 g/mol. The number of hydrogen-bond donors (Lipinski definition) is 1. The number of aromatic nitrogens is 3. The van der Waals surface area contributed by atoms with Gasteiger partial charge in [0.2, 0.25) is 0 Å². The molecule has 0 unspecified atom stereocenters. The van der Waals surface area contributed by atoms with Crippen LogP contribution in [0.1, 0.15) is 52.3 Å². The molecule has 0 amide bonds. The fourth-order valence-corrected chi connectivity index (χ4v) is 5.31. The van der Waals surface area contributed by atoms with Crippen LogP contribution in [0, 0.1) is 5.92 Å². The van der Waals surface area contributed by atoms with Crippen LogP contribution in [0.2, 0.25) is 0 Å².